The van der Waals surface area contributed by atoms with Crippen LogP contribution in [-0.4, -0.2) is 21.7 Å². The maximum Gasteiger partial charge on any atom is 0.316 e. The molecule has 0 spiro atoms. The number of nitrogens with zero attached hydrogens (tertiary/aromatic N) is 2. The summed E-state index contributed by atoms with van der Waals surface area (Å²) in [4.78, 5) is 23.2. The second kappa shape index (κ2) is 6.66. The molecule has 0 saturated heterocycles. The molecule has 0 bridgehead atoms. The van der Waals surface area contributed by atoms with Gasteiger partial charge in [0.25, 0.3) is 5.91 Å². The Kier molecular flexibility index (Phi) is 4.24. The molecular formula is C17H15N5O2. The van der Waals surface area contributed by atoms with Gasteiger partial charge in [-0.2, -0.15) is 5.10 Å². The Balaban J connectivity index is 1.72. The van der Waals surface area contributed by atoms with Crippen molar-refractivity contribution < 1.29 is 9.59 Å². The molecule has 0 aliphatic heterocycles. The van der Waals surface area contributed by atoms with Crippen LogP contribution in [0.15, 0.2) is 67.0 Å². The summed E-state index contributed by atoms with van der Waals surface area (Å²) in [5.74, 6) is -0.252. The van der Waals surface area contributed by atoms with Crippen molar-refractivity contribution in [2.45, 2.75) is 0 Å². The summed E-state index contributed by atoms with van der Waals surface area (Å²) >= 11 is 0. The molecule has 0 fully saturated rings. The van der Waals surface area contributed by atoms with Crippen LogP contribution in [0.4, 0.5) is 16.2 Å². The van der Waals surface area contributed by atoms with Crippen molar-refractivity contribution in [2.75, 3.05) is 10.6 Å². The van der Waals surface area contributed by atoms with Crippen molar-refractivity contribution in [1.29, 1.82) is 0 Å². The highest BCUT2D eigenvalue weighted by Gasteiger charge is 2.07. The lowest BCUT2D eigenvalue weighted by Crippen LogP contribution is -2.19. The van der Waals surface area contributed by atoms with Crippen molar-refractivity contribution in [1.82, 2.24) is 9.78 Å². The van der Waals surface area contributed by atoms with E-state index in [0.717, 1.165) is 5.69 Å². The molecule has 0 aliphatic rings. The Bertz CT molecular complexity index is 857. The van der Waals surface area contributed by atoms with E-state index in [1.807, 2.05) is 24.4 Å². The number of carbonyl (C=O) groups is 2. The maximum absolute atomic E-state index is 12.3. The molecule has 0 atom stereocenters. The van der Waals surface area contributed by atoms with Crippen molar-refractivity contribution in [3.63, 3.8) is 0 Å². The van der Waals surface area contributed by atoms with Crippen LogP contribution < -0.4 is 16.4 Å². The quantitative estimate of drug-likeness (QED) is 0.688. The van der Waals surface area contributed by atoms with Gasteiger partial charge in [-0.3, -0.25) is 4.79 Å². The monoisotopic (exact) mass is 321 g/mol. The minimum Gasteiger partial charge on any atom is -0.351 e. The Morgan fingerprint density at radius 1 is 0.958 bits per heavy atom. The number of nitrogens with one attached hydrogen (secondary N) is 2. The maximum atomic E-state index is 12.3. The molecule has 1 aromatic heterocycles. The van der Waals surface area contributed by atoms with Gasteiger partial charge < -0.3 is 16.4 Å². The molecule has 0 saturated carbocycles. The summed E-state index contributed by atoms with van der Waals surface area (Å²) in [5.41, 5.74) is 7.52. The molecule has 3 aromatic rings. The van der Waals surface area contributed by atoms with E-state index < -0.39 is 6.03 Å². The highest BCUT2D eigenvalue weighted by molar-refractivity contribution is 6.04. The van der Waals surface area contributed by atoms with E-state index >= 15 is 0 Å². The Labute approximate surface area is 138 Å². The summed E-state index contributed by atoms with van der Waals surface area (Å²) in [7, 11) is 0. The molecule has 7 heteroatoms. The lowest BCUT2D eigenvalue weighted by atomic mass is 10.2. The van der Waals surface area contributed by atoms with Crippen LogP contribution in [0.25, 0.3) is 5.69 Å². The number of aromatic nitrogens is 2. The van der Waals surface area contributed by atoms with Crippen LogP contribution >= 0.6 is 0 Å². The molecule has 4 N–H and O–H groups in total. The van der Waals surface area contributed by atoms with E-state index in [-0.39, 0.29) is 5.91 Å². The SMILES string of the molecule is NC(=O)Nc1cccc(NC(=O)c2ccc(-n3cccn3)cc2)c1. The second-order valence-corrected chi connectivity index (χ2v) is 5.02. The fourth-order valence-electron chi connectivity index (χ4n) is 2.21. The molecule has 2 aromatic carbocycles. The summed E-state index contributed by atoms with van der Waals surface area (Å²) in [6, 6.07) is 15.0. The molecule has 120 valence electrons. The third-order valence-corrected chi connectivity index (χ3v) is 3.29. The Hall–Kier alpha value is -3.61. The second-order valence-electron chi connectivity index (χ2n) is 5.02. The van der Waals surface area contributed by atoms with E-state index in [0.29, 0.717) is 16.9 Å². The zero-order valence-electron chi connectivity index (χ0n) is 12.6. The Morgan fingerprint density at radius 3 is 2.29 bits per heavy atom. The first-order valence-electron chi connectivity index (χ1n) is 7.20. The average Bonchev–Trinajstić information content (AvgIpc) is 3.09. The lowest BCUT2D eigenvalue weighted by Gasteiger charge is -2.08. The standard InChI is InChI=1S/C17H15N5O2/c18-17(24)21-14-4-1-3-13(11-14)20-16(23)12-5-7-15(8-6-12)22-10-2-9-19-22/h1-11H,(H,20,23)(H3,18,21,24). The number of amides is 3. The molecule has 24 heavy (non-hydrogen) atoms. The first kappa shape index (κ1) is 15.3. The van der Waals surface area contributed by atoms with Crippen LogP contribution in [0.1, 0.15) is 10.4 Å². The third kappa shape index (κ3) is 3.58. The Morgan fingerprint density at radius 2 is 1.67 bits per heavy atom. The number of primary amides is 1. The normalized spacial score (nSPS) is 10.2. The topological polar surface area (TPSA) is 102 Å². The molecule has 0 unspecified atom stereocenters. The summed E-state index contributed by atoms with van der Waals surface area (Å²) in [6.45, 7) is 0. The van der Waals surface area contributed by atoms with E-state index in [4.69, 9.17) is 5.73 Å². The van der Waals surface area contributed by atoms with E-state index in [9.17, 15) is 9.59 Å². The van der Waals surface area contributed by atoms with Gasteiger partial charge in [-0.15, -0.1) is 0 Å². The third-order valence-electron chi connectivity index (χ3n) is 3.29. The smallest absolute Gasteiger partial charge is 0.316 e. The van der Waals surface area contributed by atoms with Crippen molar-refractivity contribution >= 4 is 23.3 Å². The largest absolute Gasteiger partial charge is 0.351 e. The van der Waals surface area contributed by atoms with Gasteiger partial charge in [0.05, 0.1) is 5.69 Å². The number of hydrogen-bond acceptors (Lipinski definition) is 3. The van der Waals surface area contributed by atoms with Crippen LogP contribution in [0.2, 0.25) is 0 Å². The van der Waals surface area contributed by atoms with E-state index in [2.05, 4.69) is 15.7 Å². The number of rotatable bonds is 4. The van der Waals surface area contributed by atoms with Crippen LogP contribution in [0.3, 0.4) is 0 Å². The van der Waals surface area contributed by atoms with Crippen LogP contribution in [-0.2, 0) is 0 Å². The summed E-state index contributed by atoms with van der Waals surface area (Å²) in [5, 5.41) is 9.37. The highest BCUT2D eigenvalue weighted by Crippen LogP contribution is 2.16. The minimum absolute atomic E-state index is 0.252. The predicted molar refractivity (Wildman–Crippen MR) is 91.2 cm³/mol. The molecule has 7 nitrogen and oxygen atoms in total. The summed E-state index contributed by atoms with van der Waals surface area (Å²) < 4.78 is 1.71. The summed E-state index contributed by atoms with van der Waals surface area (Å²) in [6.07, 6.45) is 3.51. The number of carbonyl (C=O) groups excluding carboxylic acids is 2. The van der Waals surface area contributed by atoms with Crippen molar-refractivity contribution in [2.24, 2.45) is 5.73 Å². The van der Waals surface area contributed by atoms with Crippen LogP contribution in [0, 0.1) is 0 Å². The van der Waals surface area contributed by atoms with Gasteiger partial charge in [0.2, 0.25) is 0 Å². The van der Waals surface area contributed by atoms with Gasteiger partial charge >= 0.3 is 6.03 Å². The minimum atomic E-state index is -0.660. The van der Waals surface area contributed by atoms with Gasteiger partial charge in [0.1, 0.15) is 0 Å². The molecule has 3 rings (SSSR count). The number of anilines is 2. The zero-order chi connectivity index (χ0) is 16.9. The molecular weight excluding hydrogens is 306 g/mol. The molecule has 1 heterocycles. The fraction of sp³-hybridized carbons (Fsp3) is 0. The van der Waals surface area contributed by atoms with E-state index in [1.54, 1.807) is 47.3 Å². The van der Waals surface area contributed by atoms with Gasteiger partial charge in [0.15, 0.2) is 0 Å². The molecule has 3 amide bonds. The lowest BCUT2D eigenvalue weighted by molar-refractivity contribution is 0.102. The zero-order valence-corrected chi connectivity index (χ0v) is 12.6. The molecule has 0 radical (unpaired) electrons. The van der Waals surface area contributed by atoms with Gasteiger partial charge in [0, 0.05) is 29.3 Å². The van der Waals surface area contributed by atoms with Crippen molar-refractivity contribution in [3.05, 3.63) is 72.6 Å². The molecule has 0 aliphatic carbocycles. The number of hydrogen-bond donors (Lipinski definition) is 3. The van der Waals surface area contributed by atoms with E-state index in [1.165, 1.54) is 0 Å². The first-order valence-corrected chi connectivity index (χ1v) is 7.20. The average molecular weight is 321 g/mol. The predicted octanol–water partition coefficient (Wildman–Crippen LogP) is 2.62. The number of urea groups is 1. The highest BCUT2D eigenvalue weighted by atomic mass is 16.2. The van der Waals surface area contributed by atoms with Gasteiger partial charge in [-0.25, -0.2) is 9.48 Å². The van der Waals surface area contributed by atoms with Gasteiger partial charge in [-0.05, 0) is 48.5 Å². The van der Waals surface area contributed by atoms with Gasteiger partial charge in [-0.1, -0.05) is 6.07 Å². The number of nitrogens with two attached hydrogens (primary N) is 1. The number of benzene rings is 2. The van der Waals surface area contributed by atoms with Crippen molar-refractivity contribution in [3.8, 4) is 5.69 Å². The first-order chi connectivity index (χ1) is 11.6. The fourth-order valence-corrected chi connectivity index (χ4v) is 2.21. The van der Waals surface area contributed by atoms with Crippen LogP contribution in [0.5, 0.6) is 0 Å².